The van der Waals surface area contributed by atoms with E-state index in [4.69, 9.17) is 4.42 Å². The Bertz CT molecular complexity index is 537. The Hall–Kier alpha value is -1.85. The van der Waals surface area contributed by atoms with Gasteiger partial charge in [0.25, 0.3) is 0 Å². The number of nitrogens with zero attached hydrogens (tertiary/aromatic N) is 4. The molecule has 0 aliphatic heterocycles. The van der Waals surface area contributed by atoms with Crippen LogP contribution in [0.5, 0.6) is 0 Å². The highest BCUT2D eigenvalue weighted by Crippen LogP contribution is 2.25. The molecule has 0 fully saturated rings. The zero-order chi connectivity index (χ0) is 14.0. The molecule has 1 atom stereocenters. The summed E-state index contributed by atoms with van der Waals surface area (Å²) in [5.41, 5.74) is 0.958. The molecule has 19 heavy (non-hydrogen) atoms. The van der Waals surface area contributed by atoms with Gasteiger partial charge in [0, 0.05) is 18.7 Å². The Kier molecular flexibility index (Phi) is 3.59. The Labute approximate surface area is 113 Å². The van der Waals surface area contributed by atoms with E-state index < -0.39 is 0 Å². The van der Waals surface area contributed by atoms with E-state index in [1.807, 2.05) is 38.6 Å². The first-order valence-electron chi connectivity index (χ1n) is 6.50. The minimum atomic E-state index is -0.138. The van der Waals surface area contributed by atoms with Gasteiger partial charge in [0.15, 0.2) is 0 Å². The Morgan fingerprint density at radius 3 is 2.58 bits per heavy atom. The van der Waals surface area contributed by atoms with Crippen LogP contribution in [0.25, 0.3) is 0 Å². The van der Waals surface area contributed by atoms with Crippen molar-refractivity contribution in [2.75, 3.05) is 5.32 Å². The molecule has 6 heteroatoms. The lowest BCUT2D eigenvalue weighted by atomic mass is 9.97. The van der Waals surface area contributed by atoms with E-state index in [0.717, 1.165) is 12.1 Å². The van der Waals surface area contributed by atoms with Crippen molar-refractivity contribution in [1.29, 1.82) is 0 Å². The maximum absolute atomic E-state index is 5.66. The van der Waals surface area contributed by atoms with E-state index >= 15 is 0 Å². The van der Waals surface area contributed by atoms with Gasteiger partial charge >= 0.3 is 6.01 Å². The summed E-state index contributed by atoms with van der Waals surface area (Å²) in [6.45, 7) is 8.24. The summed E-state index contributed by atoms with van der Waals surface area (Å²) >= 11 is 0. The number of aryl methyl sites for hydroxylation is 1. The molecule has 0 spiro atoms. The lowest BCUT2D eigenvalue weighted by Crippen LogP contribution is -2.14. The van der Waals surface area contributed by atoms with Crippen molar-refractivity contribution in [3.63, 3.8) is 0 Å². The normalized spacial score (nSPS) is 13.5. The largest absolute Gasteiger partial charge is 0.408 e. The van der Waals surface area contributed by atoms with E-state index in [-0.39, 0.29) is 11.5 Å². The predicted molar refractivity (Wildman–Crippen MR) is 72.9 cm³/mol. The van der Waals surface area contributed by atoms with Crippen molar-refractivity contribution >= 4 is 6.01 Å². The maximum Gasteiger partial charge on any atom is 0.316 e. The van der Waals surface area contributed by atoms with Crippen LogP contribution in [-0.2, 0) is 12.5 Å². The number of rotatable bonds is 4. The van der Waals surface area contributed by atoms with Crippen molar-refractivity contribution in [3.8, 4) is 0 Å². The van der Waals surface area contributed by atoms with E-state index in [2.05, 4.69) is 27.5 Å². The first-order chi connectivity index (χ1) is 8.91. The van der Waals surface area contributed by atoms with Gasteiger partial charge in [-0.3, -0.25) is 4.68 Å². The zero-order valence-corrected chi connectivity index (χ0v) is 12.1. The quantitative estimate of drug-likeness (QED) is 0.918. The van der Waals surface area contributed by atoms with Crippen LogP contribution in [0.2, 0.25) is 0 Å². The number of anilines is 1. The molecule has 0 saturated carbocycles. The molecule has 0 bridgehead atoms. The molecule has 1 N–H and O–H groups in total. The molecular formula is C13H21N5O. The van der Waals surface area contributed by atoms with E-state index in [9.17, 15) is 0 Å². The molecule has 0 radical (unpaired) electrons. The van der Waals surface area contributed by atoms with Crippen molar-refractivity contribution in [2.24, 2.45) is 7.05 Å². The Balaban J connectivity index is 2.16. The van der Waals surface area contributed by atoms with Gasteiger partial charge in [-0.2, -0.15) is 5.10 Å². The summed E-state index contributed by atoms with van der Waals surface area (Å²) in [7, 11) is 1.92. The summed E-state index contributed by atoms with van der Waals surface area (Å²) in [4.78, 5) is 0. The van der Waals surface area contributed by atoms with E-state index in [0.29, 0.717) is 11.9 Å². The molecular weight excluding hydrogens is 242 g/mol. The lowest BCUT2D eigenvalue weighted by molar-refractivity contribution is 0.396. The smallest absolute Gasteiger partial charge is 0.316 e. The SMILES string of the molecule is CC[C@@H](Nc1nnc(C(C)(C)C)o1)c1ccnn1C. The fourth-order valence-corrected chi connectivity index (χ4v) is 1.84. The minimum absolute atomic E-state index is 0.112. The van der Waals surface area contributed by atoms with Gasteiger partial charge in [0.1, 0.15) is 0 Å². The lowest BCUT2D eigenvalue weighted by Gasteiger charge is -2.16. The second-order valence-electron chi connectivity index (χ2n) is 5.65. The second-order valence-corrected chi connectivity index (χ2v) is 5.65. The number of hydrogen-bond donors (Lipinski definition) is 1. The third kappa shape index (κ3) is 2.94. The molecule has 2 rings (SSSR count). The molecule has 2 aromatic heterocycles. The summed E-state index contributed by atoms with van der Waals surface area (Å²) in [5.74, 6) is 0.634. The highest BCUT2D eigenvalue weighted by molar-refractivity contribution is 5.25. The van der Waals surface area contributed by atoms with Crippen LogP contribution in [0.15, 0.2) is 16.7 Å². The van der Waals surface area contributed by atoms with Crippen LogP contribution < -0.4 is 5.32 Å². The summed E-state index contributed by atoms with van der Waals surface area (Å²) in [6, 6.07) is 2.56. The molecule has 0 saturated heterocycles. The number of nitrogens with one attached hydrogen (secondary N) is 1. The van der Waals surface area contributed by atoms with Gasteiger partial charge in [-0.25, -0.2) is 0 Å². The molecule has 0 aliphatic carbocycles. The fourth-order valence-electron chi connectivity index (χ4n) is 1.84. The van der Waals surface area contributed by atoms with Gasteiger partial charge in [0.05, 0.1) is 11.7 Å². The molecule has 0 unspecified atom stereocenters. The van der Waals surface area contributed by atoms with Crippen LogP contribution in [0.3, 0.4) is 0 Å². The summed E-state index contributed by atoms with van der Waals surface area (Å²) in [6.07, 6.45) is 2.70. The molecule has 104 valence electrons. The van der Waals surface area contributed by atoms with Crippen LogP contribution in [0.4, 0.5) is 6.01 Å². The first kappa shape index (κ1) is 13.6. The maximum atomic E-state index is 5.66. The Morgan fingerprint density at radius 2 is 2.11 bits per heavy atom. The van der Waals surface area contributed by atoms with Crippen LogP contribution in [0.1, 0.15) is 51.7 Å². The van der Waals surface area contributed by atoms with Crippen molar-refractivity contribution in [2.45, 2.75) is 45.6 Å². The standard InChI is InChI=1S/C13H21N5O/c1-6-9(10-7-8-14-18(10)5)15-12-17-16-11(19-12)13(2,3)4/h7-9H,6H2,1-5H3,(H,15,17)/t9-/m1/s1. The fraction of sp³-hybridized carbons (Fsp3) is 0.615. The van der Waals surface area contributed by atoms with Crippen LogP contribution in [0, 0.1) is 0 Å². The van der Waals surface area contributed by atoms with Gasteiger partial charge < -0.3 is 9.73 Å². The van der Waals surface area contributed by atoms with Gasteiger partial charge in [-0.05, 0) is 12.5 Å². The second kappa shape index (κ2) is 5.03. The molecule has 2 aromatic rings. The number of hydrogen-bond acceptors (Lipinski definition) is 5. The van der Waals surface area contributed by atoms with Crippen molar-refractivity contribution in [3.05, 3.63) is 23.8 Å². The summed E-state index contributed by atoms with van der Waals surface area (Å²) < 4.78 is 7.50. The first-order valence-corrected chi connectivity index (χ1v) is 6.50. The van der Waals surface area contributed by atoms with Crippen molar-refractivity contribution in [1.82, 2.24) is 20.0 Å². The molecule has 2 heterocycles. The molecule has 6 nitrogen and oxygen atoms in total. The van der Waals surface area contributed by atoms with Crippen molar-refractivity contribution < 1.29 is 4.42 Å². The zero-order valence-electron chi connectivity index (χ0n) is 12.1. The average Bonchev–Trinajstić information content (AvgIpc) is 2.94. The van der Waals surface area contributed by atoms with E-state index in [1.54, 1.807) is 6.20 Å². The van der Waals surface area contributed by atoms with Gasteiger partial charge in [0.2, 0.25) is 5.89 Å². The molecule has 0 amide bonds. The summed E-state index contributed by atoms with van der Waals surface area (Å²) in [5, 5.41) is 15.6. The highest BCUT2D eigenvalue weighted by Gasteiger charge is 2.23. The van der Waals surface area contributed by atoms with Gasteiger partial charge in [-0.1, -0.05) is 32.8 Å². The number of aromatic nitrogens is 4. The molecule has 0 aliphatic rings. The third-order valence-corrected chi connectivity index (χ3v) is 2.99. The van der Waals surface area contributed by atoms with Crippen LogP contribution in [-0.4, -0.2) is 20.0 Å². The predicted octanol–water partition coefficient (Wildman–Crippen LogP) is 2.66. The highest BCUT2D eigenvalue weighted by atomic mass is 16.4. The van der Waals surface area contributed by atoms with E-state index in [1.165, 1.54) is 0 Å². The Morgan fingerprint density at radius 1 is 1.37 bits per heavy atom. The third-order valence-electron chi connectivity index (χ3n) is 2.99. The van der Waals surface area contributed by atoms with Gasteiger partial charge in [-0.15, -0.1) is 5.10 Å². The monoisotopic (exact) mass is 263 g/mol. The minimum Gasteiger partial charge on any atom is -0.408 e. The molecule has 0 aromatic carbocycles. The topological polar surface area (TPSA) is 68.8 Å². The van der Waals surface area contributed by atoms with Crippen LogP contribution >= 0.6 is 0 Å². The average molecular weight is 263 g/mol.